The maximum absolute atomic E-state index is 12.4. The summed E-state index contributed by atoms with van der Waals surface area (Å²) in [5.74, 6) is 1.40. The van der Waals surface area contributed by atoms with Crippen LogP contribution in [0.4, 0.5) is 0 Å². The Hall–Kier alpha value is -0.610. The van der Waals surface area contributed by atoms with E-state index in [1.165, 1.54) is 6.42 Å². The van der Waals surface area contributed by atoms with E-state index in [2.05, 4.69) is 31.4 Å². The van der Waals surface area contributed by atoms with Gasteiger partial charge >= 0.3 is 0 Å². The first-order valence-corrected chi connectivity index (χ1v) is 7.64. The lowest BCUT2D eigenvalue weighted by Gasteiger charge is -2.60. The molecule has 2 saturated heterocycles. The molecule has 2 heterocycles. The van der Waals surface area contributed by atoms with Crippen LogP contribution >= 0.6 is 0 Å². The molecule has 2 aliphatic heterocycles. The van der Waals surface area contributed by atoms with Crippen molar-refractivity contribution in [3.8, 4) is 0 Å². The van der Waals surface area contributed by atoms with E-state index in [-0.39, 0.29) is 17.2 Å². The van der Waals surface area contributed by atoms with Gasteiger partial charge < -0.3 is 15.4 Å². The van der Waals surface area contributed by atoms with E-state index in [4.69, 9.17) is 4.74 Å². The zero-order chi connectivity index (χ0) is 13.6. The van der Waals surface area contributed by atoms with Gasteiger partial charge in [-0.3, -0.25) is 4.79 Å². The average Bonchev–Trinajstić information content (AvgIpc) is 2.33. The number of rotatable bonds is 3. The normalized spacial score (nSPS) is 38.6. The molecule has 3 fully saturated rings. The predicted molar refractivity (Wildman–Crippen MR) is 73.7 cm³/mol. The first-order valence-electron chi connectivity index (χ1n) is 7.64. The van der Waals surface area contributed by atoms with Crippen LogP contribution in [0.3, 0.4) is 0 Å². The summed E-state index contributed by atoms with van der Waals surface area (Å²) in [5.41, 5.74) is 0.0817. The zero-order valence-corrected chi connectivity index (χ0v) is 12.2. The fraction of sp³-hybridized carbons (Fsp3) is 0.933. The molecule has 4 heteroatoms. The summed E-state index contributed by atoms with van der Waals surface area (Å²) in [6.07, 6.45) is 2.66. The van der Waals surface area contributed by atoms with Gasteiger partial charge in [0.05, 0.1) is 6.10 Å². The Bertz CT molecular complexity index is 365. The van der Waals surface area contributed by atoms with Crippen LogP contribution in [0.25, 0.3) is 0 Å². The van der Waals surface area contributed by atoms with Crippen LogP contribution in [0.2, 0.25) is 0 Å². The van der Waals surface area contributed by atoms with Crippen LogP contribution in [0.5, 0.6) is 0 Å². The minimum absolute atomic E-state index is 0.0817. The number of hydrogen-bond donors (Lipinski definition) is 2. The summed E-state index contributed by atoms with van der Waals surface area (Å²) in [7, 11) is 0. The highest BCUT2D eigenvalue weighted by Crippen LogP contribution is 2.51. The van der Waals surface area contributed by atoms with Gasteiger partial charge in [0.15, 0.2) is 0 Å². The van der Waals surface area contributed by atoms with Crippen molar-refractivity contribution in [2.75, 3.05) is 19.7 Å². The van der Waals surface area contributed by atoms with Crippen molar-refractivity contribution in [2.24, 2.45) is 23.2 Å². The number of amides is 1. The molecule has 3 aliphatic rings. The molecule has 1 saturated carbocycles. The highest BCUT2D eigenvalue weighted by Gasteiger charge is 2.58. The highest BCUT2D eigenvalue weighted by molar-refractivity contribution is 5.79. The molecule has 0 aromatic heterocycles. The van der Waals surface area contributed by atoms with Gasteiger partial charge in [0.1, 0.15) is 0 Å². The molecule has 0 aromatic carbocycles. The molecule has 4 nitrogen and oxygen atoms in total. The maximum atomic E-state index is 12.4. The second-order valence-electron chi connectivity index (χ2n) is 7.11. The quantitative estimate of drug-likeness (QED) is 0.806. The zero-order valence-electron chi connectivity index (χ0n) is 12.2. The van der Waals surface area contributed by atoms with Crippen molar-refractivity contribution in [1.29, 1.82) is 0 Å². The third kappa shape index (κ3) is 2.09. The molecule has 0 spiro atoms. The van der Waals surface area contributed by atoms with Crippen LogP contribution in [-0.2, 0) is 9.53 Å². The molecule has 4 unspecified atom stereocenters. The van der Waals surface area contributed by atoms with Gasteiger partial charge in [0.2, 0.25) is 5.91 Å². The number of ether oxygens (including phenoxy) is 1. The van der Waals surface area contributed by atoms with Gasteiger partial charge in [0, 0.05) is 29.9 Å². The van der Waals surface area contributed by atoms with E-state index in [0.717, 1.165) is 26.1 Å². The lowest BCUT2D eigenvalue weighted by Crippen LogP contribution is -2.70. The van der Waals surface area contributed by atoms with E-state index in [1.807, 2.05) is 0 Å². The van der Waals surface area contributed by atoms with Crippen LogP contribution < -0.4 is 10.6 Å². The fourth-order valence-electron chi connectivity index (χ4n) is 3.98. The van der Waals surface area contributed by atoms with Gasteiger partial charge in [0.25, 0.3) is 0 Å². The Morgan fingerprint density at radius 1 is 1.42 bits per heavy atom. The molecule has 2 N–H and O–H groups in total. The molecule has 0 bridgehead atoms. The Kier molecular flexibility index (Phi) is 3.34. The minimum Gasteiger partial charge on any atom is -0.377 e. The third-order valence-corrected chi connectivity index (χ3v) is 5.56. The van der Waals surface area contributed by atoms with Crippen molar-refractivity contribution < 1.29 is 9.53 Å². The number of nitrogens with one attached hydrogen (secondary N) is 2. The Morgan fingerprint density at radius 2 is 2.16 bits per heavy atom. The monoisotopic (exact) mass is 266 g/mol. The largest absolute Gasteiger partial charge is 0.377 e. The van der Waals surface area contributed by atoms with Crippen molar-refractivity contribution >= 4 is 5.91 Å². The van der Waals surface area contributed by atoms with Gasteiger partial charge in [-0.05, 0) is 31.8 Å². The number of carbonyl (C=O) groups is 1. The summed E-state index contributed by atoms with van der Waals surface area (Å²) >= 11 is 0. The Labute approximate surface area is 115 Å². The van der Waals surface area contributed by atoms with Crippen LogP contribution in [-0.4, -0.2) is 37.7 Å². The van der Waals surface area contributed by atoms with Crippen LogP contribution in [0, 0.1) is 23.2 Å². The summed E-state index contributed by atoms with van der Waals surface area (Å²) in [6.45, 7) is 9.35. The van der Waals surface area contributed by atoms with Gasteiger partial charge in [-0.15, -0.1) is 0 Å². The van der Waals surface area contributed by atoms with Crippen LogP contribution in [0.15, 0.2) is 0 Å². The molecule has 19 heavy (non-hydrogen) atoms. The summed E-state index contributed by atoms with van der Waals surface area (Å²) in [4.78, 5) is 12.4. The van der Waals surface area contributed by atoms with Gasteiger partial charge in [-0.2, -0.15) is 0 Å². The molecule has 0 radical (unpaired) electrons. The lowest BCUT2D eigenvalue weighted by atomic mass is 9.55. The van der Waals surface area contributed by atoms with Crippen molar-refractivity contribution in [3.63, 3.8) is 0 Å². The SMILES string of the molecule is CC(C(=O)NC1C2CCCOC2C1(C)C)C1CNC1. The standard InChI is InChI=1S/C15H26N2O2/c1-9(10-7-16-8-10)14(18)17-12-11-5-4-6-19-13(11)15(12,2)3/h9-13,16H,4-8H2,1-3H3,(H,17,18). The van der Waals surface area contributed by atoms with E-state index in [9.17, 15) is 4.79 Å². The predicted octanol–water partition coefficient (Wildman–Crippen LogP) is 1.16. The topological polar surface area (TPSA) is 50.4 Å². The molecule has 0 aromatic rings. The summed E-state index contributed by atoms with van der Waals surface area (Å²) < 4.78 is 5.88. The smallest absolute Gasteiger partial charge is 0.223 e. The van der Waals surface area contributed by atoms with Crippen molar-refractivity contribution in [2.45, 2.75) is 45.8 Å². The lowest BCUT2D eigenvalue weighted by molar-refractivity contribution is -0.194. The Morgan fingerprint density at radius 3 is 2.79 bits per heavy atom. The summed E-state index contributed by atoms with van der Waals surface area (Å²) in [5, 5.41) is 6.55. The first kappa shape index (κ1) is 13.4. The summed E-state index contributed by atoms with van der Waals surface area (Å²) in [6, 6.07) is 0.292. The molecule has 1 amide bonds. The molecule has 3 rings (SSSR count). The molecule has 108 valence electrons. The molecule has 4 atom stereocenters. The van der Waals surface area contributed by atoms with E-state index in [1.54, 1.807) is 0 Å². The number of fused-ring (bicyclic) bond motifs is 1. The molecular formula is C15H26N2O2. The average molecular weight is 266 g/mol. The van der Waals surface area contributed by atoms with Gasteiger partial charge in [-0.1, -0.05) is 20.8 Å². The van der Waals surface area contributed by atoms with Crippen LogP contribution in [0.1, 0.15) is 33.6 Å². The van der Waals surface area contributed by atoms with E-state index < -0.39 is 0 Å². The third-order valence-electron chi connectivity index (χ3n) is 5.56. The van der Waals surface area contributed by atoms with E-state index in [0.29, 0.717) is 24.0 Å². The fourth-order valence-corrected chi connectivity index (χ4v) is 3.98. The second kappa shape index (κ2) is 4.74. The number of hydrogen-bond acceptors (Lipinski definition) is 3. The maximum Gasteiger partial charge on any atom is 0.223 e. The first-order chi connectivity index (χ1) is 9.01. The van der Waals surface area contributed by atoms with Crippen molar-refractivity contribution in [1.82, 2.24) is 10.6 Å². The molecular weight excluding hydrogens is 240 g/mol. The highest BCUT2D eigenvalue weighted by atomic mass is 16.5. The van der Waals surface area contributed by atoms with E-state index >= 15 is 0 Å². The second-order valence-corrected chi connectivity index (χ2v) is 7.11. The minimum atomic E-state index is 0.0817. The number of carbonyl (C=O) groups excluding carboxylic acids is 1. The Balaban J connectivity index is 1.61. The molecule has 1 aliphatic carbocycles. The van der Waals surface area contributed by atoms with Gasteiger partial charge in [-0.25, -0.2) is 0 Å². The van der Waals surface area contributed by atoms with Crippen molar-refractivity contribution in [3.05, 3.63) is 0 Å².